The second-order valence-corrected chi connectivity index (χ2v) is 8.14. The molecule has 0 aromatic heterocycles. The largest absolute Gasteiger partial charge is 0.354 e. The molecule has 0 saturated carbocycles. The lowest BCUT2D eigenvalue weighted by atomic mass is 10.1. The molecule has 0 radical (unpaired) electrons. The molecule has 2 rings (SSSR count). The maximum atomic E-state index is 13.0. The Labute approximate surface area is 179 Å². The van der Waals surface area contributed by atoms with Crippen LogP contribution in [0.15, 0.2) is 54.6 Å². The zero-order valence-corrected chi connectivity index (χ0v) is 18.3. The van der Waals surface area contributed by atoms with Crippen LogP contribution in [0.3, 0.4) is 0 Å². The number of halogens is 1. The SMILES string of the molecule is CC(C)CNC(=O)C(C)N(CCc1ccccc1)C(=O)CCc1ccccc1Cl. The second kappa shape index (κ2) is 11.6. The summed E-state index contributed by atoms with van der Waals surface area (Å²) in [5.41, 5.74) is 2.09. The van der Waals surface area contributed by atoms with Gasteiger partial charge in [0.15, 0.2) is 0 Å². The van der Waals surface area contributed by atoms with Crippen LogP contribution >= 0.6 is 11.6 Å². The molecule has 0 heterocycles. The molecule has 0 aliphatic rings. The normalized spacial score (nSPS) is 11.9. The summed E-state index contributed by atoms with van der Waals surface area (Å²) >= 11 is 6.22. The number of nitrogens with zero attached hydrogens (tertiary/aromatic N) is 1. The molecule has 29 heavy (non-hydrogen) atoms. The van der Waals surface area contributed by atoms with E-state index in [0.29, 0.717) is 43.3 Å². The van der Waals surface area contributed by atoms with Crippen LogP contribution in [0, 0.1) is 5.92 Å². The van der Waals surface area contributed by atoms with Gasteiger partial charge in [0.05, 0.1) is 0 Å². The van der Waals surface area contributed by atoms with Gasteiger partial charge in [-0.1, -0.05) is 74.0 Å². The summed E-state index contributed by atoms with van der Waals surface area (Å²) in [5, 5.41) is 3.61. The van der Waals surface area contributed by atoms with Crippen LogP contribution in [0.2, 0.25) is 5.02 Å². The van der Waals surface area contributed by atoms with Crippen molar-refractivity contribution in [1.29, 1.82) is 0 Å². The van der Waals surface area contributed by atoms with Gasteiger partial charge in [-0.15, -0.1) is 0 Å². The number of carbonyl (C=O) groups is 2. The van der Waals surface area contributed by atoms with Gasteiger partial charge < -0.3 is 10.2 Å². The molecule has 156 valence electrons. The molecule has 5 heteroatoms. The Morgan fingerprint density at radius 2 is 1.62 bits per heavy atom. The number of aryl methyl sites for hydroxylation is 1. The summed E-state index contributed by atoms with van der Waals surface area (Å²) in [6.45, 7) is 7.00. The van der Waals surface area contributed by atoms with Gasteiger partial charge in [-0.25, -0.2) is 0 Å². The minimum absolute atomic E-state index is 0.0342. The van der Waals surface area contributed by atoms with Gasteiger partial charge in [0.2, 0.25) is 11.8 Å². The number of amides is 2. The highest BCUT2D eigenvalue weighted by Crippen LogP contribution is 2.18. The van der Waals surface area contributed by atoms with Crippen molar-refractivity contribution in [3.63, 3.8) is 0 Å². The number of nitrogens with one attached hydrogen (secondary N) is 1. The highest BCUT2D eigenvalue weighted by molar-refractivity contribution is 6.31. The topological polar surface area (TPSA) is 49.4 Å². The third-order valence-electron chi connectivity index (χ3n) is 4.90. The molecule has 0 fully saturated rings. The van der Waals surface area contributed by atoms with E-state index in [2.05, 4.69) is 5.32 Å². The van der Waals surface area contributed by atoms with Crippen LogP contribution in [-0.4, -0.2) is 35.8 Å². The molecule has 2 aromatic rings. The monoisotopic (exact) mass is 414 g/mol. The lowest BCUT2D eigenvalue weighted by molar-refractivity contribution is -0.139. The Bertz CT molecular complexity index is 792. The maximum Gasteiger partial charge on any atom is 0.242 e. The number of carbonyl (C=O) groups excluding carboxylic acids is 2. The van der Waals surface area contributed by atoms with Gasteiger partial charge in [-0.2, -0.15) is 0 Å². The molecule has 0 spiro atoms. The summed E-state index contributed by atoms with van der Waals surface area (Å²) in [6.07, 6.45) is 1.58. The van der Waals surface area contributed by atoms with Crippen LogP contribution in [0.25, 0.3) is 0 Å². The highest BCUT2D eigenvalue weighted by atomic mass is 35.5. The average Bonchev–Trinajstić information content (AvgIpc) is 2.72. The first-order valence-electron chi connectivity index (χ1n) is 10.2. The molecular formula is C24H31ClN2O2. The number of hydrogen-bond donors (Lipinski definition) is 1. The first kappa shape index (κ1) is 23.0. The van der Waals surface area contributed by atoms with Crippen molar-refractivity contribution in [2.24, 2.45) is 5.92 Å². The van der Waals surface area contributed by atoms with Gasteiger partial charge in [-0.05, 0) is 42.9 Å². The van der Waals surface area contributed by atoms with E-state index in [9.17, 15) is 9.59 Å². The van der Waals surface area contributed by atoms with Gasteiger partial charge >= 0.3 is 0 Å². The van der Waals surface area contributed by atoms with Crippen molar-refractivity contribution in [2.45, 2.75) is 46.1 Å². The quantitative estimate of drug-likeness (QED) is 0.622. The molecule has 2 aromatic carbocycles. The second-order valence-electron chi connectivity index (χ2n) is 7.73. The van der Waals surface area contributed by atoms with E-state index < -0.39 is 6.04 Å². The van der Waals surface area contributed by atoms with Crippen molar-refractivity contribution in [2.75, 3.05) is 13.1 Å². The van der Waals surface area contributed by atoms with Crippen molar-refractivity contribution < 1.29 is 9.59 Å². The van der Waals surface area contributed by atoms with Gasteiger partial charge in [0.1, 0.15) is 6.04 Å². The Morgan fingerprint density at radius 3 is 2.28 bits per heavy atom. The van der Waals surface area contributed by atoms with Crippen LogP contribution in [0.5, 0.6) is 0 Å². The number of hydrogen-bond acceptors (Lipinski definition) is 2. The van der Waals surface area contributed by atoms with Crippen molar-refractivity contribution in [3.8, 4) is 0 Å². The Balaban J connectivity index is 2.06. The number of rotatable bonds is 10. The van der Waals surface area contributed by atoms with E-state index in [1.165, 1.54) is 0 Å². The third kappa shape index (κ3) is 7.54. The standard InChI is InChI=1S/C24H31ClN2O2/c1-18(2)17-26-24(29)19(3)27(16-15-20-9-5-4-6-10-20)23(28)14-13-21-11-7-8-12-22(21)25/h4-12,18-19H,13-17H2,1-3H3,(H,26,29). The molecule has 0 saturated heterocycles. The molecule has 4 nitrogen and oxygen atoms in total. The Kier molecular flexibility index (Phi) is 9.20. The van der Waals surface area contributed by atoms with E-state index in [4.69, 9.17) is 11.6 Å². The summed E-state index contributed by atoms with van der Waals surface area (Å²) < 4.78 is 0. The lowest BCUT2D eigenvalue weighted by Gasteiger charge is -2.29. The van der Waals surface area contributed by atoms with Crippen LogP contribution in [0.4, 0.5) is 0 Å². The van der Waals surface area contributed by atoms with E-state index in [-0.39, 0.29) is 11.8 Å². The summed E-state index contributed by atoms with van der Waals surface area (Å²) in [6, 6.07) is 17.1. The van der Waals surface area contributed by atoms with Gasteiger partial charge in [0.25, 0.3) is 0 Å². The van der Waals surface area contributed by atoms with E-state index in [0.717, 1.165) is 11.1 Å². The smallest absolute Gasteiger partial charge is 0.242 e. The molecule has 1 unspecified atom stereocenters. The third-order valence-corrected chi connectivity index (χ3v) is 5.27. The molecule has 1 atom stereocenters. The lowest BCUT2D eigenvalue weighted by Crippen LogP contribution is -2.49. The van der Waals surface area contributed by atoms with E-state index in [1.54, 1.807) is 11.8 Å². The van der Waals surface area contributed by atoms with Crippen molar-refractivity contribution in [1.82, 2.24) is 10.2 Å². The first-order chi connectivity index (χ1) is 13.9. The van der Waals surface area contributed by atoms with E-state index >= 15 is 0 Å². The molecule has 0 aliphatic carbocycles. The summed E-state index contributed by atoms with van der Waals surface area (Å²) in [4.78, 5) is 27.3. The highest BCUT2D eigenvalue weighted by Gasteiger charge is 2.25. The molecule has 0 bridgehead atoms. The van der Waals surface area contributed by atoms with Crippen LogP contribution in [-0.2, 0) is 22.4 Å². The summed E-state index contributed by atoms with van der Waals surface area (Å²) in [7, 11) is 0. The molecule has 2 amide bonds. The fourth-order valence-electron chi connectivity index (χ4n) is 3.11. The Hall–Kier alpha value is -2.33. The van der Waals surface area contributed by atoms with Gasteiger partial charge in [0, 0.05) is 24.5 Å². The first-order valence-corrected chi connectivity index (χ1v) is 10.6. The average molecular weight is 415 g/mol. The van der Waals surface area contributed by atoms with Crippen LogP contribution < -0.4 is 5.32 Å². The fraction of sp³-hybridized carbons (Fsp3) is 0.417. The number of benzene rings is 2. The van der Waals surface area contributed by atoms with Crippen LogP contribution in [0.1, 0.15) is 38.3 Å². The summed E-state index contributed by atoms with van der Waals surface area (Å²) in [5.74, 6) is 0.214. The minimum Gasteiger partial charge on any atom is -0.354 e. The fourth-order valence-corrected chi connectivity index (χ4v) is 3.34. The zero-order chi connectivity index (χ0) is 21.2. The Morgan fingerprint density at radius 1 is 0.966 bits per heavy atom. The van der Waals surface area contributed by atoms with Crippen molar-refractivity contribution >= 4 is 23.4 Å². The minimum atomic E-state index is -0.517. The molecule has 0 aliphatic heterocycles. The maximum absolute atomic E-state index is 13.0. The van der Waals surface area contributed by atoms with Gasteiger partial charge in [-0.3, -0.25) is 9.59 Å². The predicted molar refractivity (Wildman–Crippen MR) is 119 cm³/mol. The molecule has 1 N–H and O–H groups in total. The zero-order valence-electron chi connectivity index (χ0n) is 17.5. The van der Waals surface area contributed by atoms with E-state index in [1.807, 2.05) is 68.4 Å². The van der Waals surface area contributed by atoms with Crippen molar-refractivity contribution in [3.05, 3.63) is 70.7 Å². The predicted octanol–water partition coefficient (Wildman–Crippen LogP) is 4.50. The molecular weight excluding hydrogens is 384 g/mol.